The van der Waals surface area contributed by atoms with Crippen LogP contribution in [0.15, 0.2) is 71.6 Å². The molecule has 0 bridgehead atoms. The Hall–Kier alpha value is -2.54. The highest BCUT2D eigenvalue weighted by Gasteiger charge is 2.23. The number of carbonyl (C=O) groups is 1. The van der Waals surface area contributed by atoms with E-state index in [2.05, 4.69) is 5.32 Å². The normalized spacial score (nSPS) is 11.2. The Bertz CT molecular complexity index is 1160. The van der Waals surface area contributed by atoms with E-state index in [9.17, 15) is 13.2 Å². The van der Waals surface area contributed by atoms with Crippen LogP contribution in [0.3, 0.4) is 0 Å². The first-order valence-electron chi connectivity index (χ1n) is 8.61. The largest absolute Gasteiger partial charge is 0.321 e. The number of hydrogen-bond donors (Lipinski definition) is 1. The Kier molecular flexibility index (Phi) is 6.17. The maximum atomic E-state index is 13.0. The van der Waals surface area contributed by atoms with E-state index in [1.807, 2.05) is 0 Å². The van der Waals surface area contributed by atoms with Crippen molar-refractivity contribution in [2.24, 2.45) is 0 Å². The Balaban J connectivity index is 1.93. The molecule has 0 aromatic heterocycles. The summed E-state index contributed by atoms with van der Waals surface area (Å²) in [4.78, 5) is 12.8. The molecular weight excluding hydrogens is 431 g/mol. The first-order valence-corrected chi connectivity index (χ1v) is 10.8. The fourth-order valence-electron chi connectivity index (χ4n) is 2.74. The van der Waals surface area contributed by atoms with Crippen LogP contribution in [-0.2, 0) is 10.0 Å². The lowest BCUT2D eigenvalue weighted by Crippen LogP contribution is -2.27. The number of sulfonamides is 1. The molecule has 0 spiro atoms. The molecule has 0 aliphatic heterocycles. The molecule has 0 radical (unpaired) electrons. The van der Waals surface area contributed by atoms with Crippen LogP contribution in [0.2, 0.25) is 10.0 Å². The number of carbonyl (C=O) groups excluding carboxylic acids is 1. The van der Waals surface area contributed by atoms with Gasteiger partial charge in [-0.1, -0.05) is 41.4 Å². The summed E-state index contributed by atoms with van der Waals surface area (Å²) in [5.41, 5.74) is 1.89. The van der Waals surface area contributed by atoms with Gasteiger partial charge >= 0.3 is 0 Å². The number of anilines is 2. The van der Waals surface area contributed by atoms with Gasteiger partial charge in [-0.05, 0) is 61.0 Å². The zero-order chi connectivity index (χ0) is 21.2. The van der Waals surface area contributed by atoms with Crippen LogP contribution in [0.4, 0.5) is 11.4 Å². The molecule has 0 atom stereocenters. The van der Waals surface area contributed by atoms with Gasteiger partial charge in [0.25, 0.3) is 15.9 Å². The van der Waals surface area contributed by atoms with E-state index < -0.39 is 15.9 Å². The average Bonchev–Trinajstić information content (AvgIpc) is 2.70. The monoisotopic (exact) mass is 448 g/mol. The fourth-order valence-corrected chi connectivity index (χ4v) is 4.30. The summed E-state index contributed by atoms with van der Waals surface area (Å²) in [5, 5.41) is 3.59. The molecule has 3 aromatic rings. The van der Waals surface area contributed by atoms with E-state index in [0.717, 1.165) is 4.31 Å². The number of aryl methyl sites for hydroxylation is 1. The molecule has 0 aliphatic carbocycles. The topological polar surface area (TPSA) is 66.5 Å². The Morgan fingerprint density at radius 2 is 1.62 bits per heavy atom. The van der Waals surface area contributed by atoms with Crippen LogP contribution < -0.4 is 9.62 Å². The minimum atomic E-state index is -3.82. The first-order chi connectivity index (χ1) is 13.7. The van der Waals surface area contributed by atoms with Gasteiger partial charge in [-0.15, -0.1) is 0 Å². The molecule has 8 heteroatoms. The summed E-state index contributed by atoms with van der Waals surface area (Å²) in [6, 6.07) is 17.7. The van der Waals surface area contributed by atoms with Gasteiger partial charge in [-0.25, -0.2) is 8.42 Å². The second-order valence-electron chi connectivity index (χ2n) is 6.36. The van der Waals surface area contributed by atoms with Crippen LogP contribution in [0, 0.1) is 6.92 Å². The van der Waals surface area contributed by atoms with E-state index in [4.69, 9.17) is 23.2 Å². The zero-order valence-electron chi connectivity index (χ0n) is 15.7. The second-order valence-corrected chi connectivity index (χ2v) is 9.17. The number of nitrogens with zero attached hydrogens (tertiary/aromatic N) is 1. The van der Waals surface area contributed by atoms with E-state index in [1.54, 1.807) is 43.3 Å². The van der Waals surface area contributed by atoms with Crippen molar-refractivity contribution in [3.05, 3.63) is 87.9 Å². The lowest BCUT2D eigenvalue weighted by Gasteiger charge is -2.22. The van der Waals surface area contributed by atoms with Crippen molar-refractivity contribution in [3.8, 4) is 0 Å². The van der Waals surface area contributed by atoms with E-state index in [0.29, 0.717) is 32.5 Å². The van der Waals surface area contributed by atoms with Gasteiger partial charge in [0.2, 0.25) is 0 Å². The van der Waals surface area contributed by atoms with Gasteiger partial charge < -0.3 is 5.32 Å². The molecule has 29 heavy (non-hydrogen) atoms. The number of amides is 1. The molecule has 0 fully saturated rings. The Labute approximate surface area is 179 Å². The van der Waals surface area contributed by atoms with Gasteiger partial charge in [0, 0.05) is 17.6 Å². The predicted octanol–water partition coefficient (Wildman–Crippen LogP) is 5.38. The van der Waals surface area contributed by atoms with Crippen molar-refractivity contribution in [2.45, 2.75) is 11.8 Å². The van der Waals surface area contributed by atoms with Crippen molar-refractivity contribution in [1.29, 1.82) is 0 Å². The fraction of sp³-hybridized carbons (Fsp3) is 0.0952. The highest BCUT2D eigenvalue weighted by atomic mass is 35.5. The summed E-state index contributed by atoms with van der Waals surface area (Å²) in [7, 11) is -2.37. The Morgan fingerprint density at radius 1 is 0.966 bits per heavy atom. The molecule has 5 nitrogen and oxygen atoms in total. The second kappa shape index (κ2) is 8.45. The minimum absolute atomic E-state index is 0.106. The van der Waals surface area contributed by atoms with Crippen molar-refractivity contribution >= 4 is 50.5 Å². The lowest BCUT2D eigenvalue weighted by atomic mass is 10.1. The average molecular weight is 449 g/mol. The third-order valence-corrected chi connectivity index (χ3v) is 6.77. The third kappa shape index (κ3) is 4.56. The van der Waals surface area contributed by atoms with Gasteiger partial charge in [0.05, 0.1) is 21.3 Å². The van der Waals surface area contributed by atoms with Crippen molar-refractivity contribution in [3.63, 3.8) is 0 Å². The highest BCUT2D eigenvalue weighted by molar-refractivity contribution is 7.92. The van der Waals surface area contributed by atoms with Crippen LogP contribution >= 0.6 is 23.2 Å². The summed E-state index contributed by atoms with van der Waals surface area (Å²) >= 11 is 11.9. The smallest absolute Gasteiger partial charge is 0.264 e. The van der Waals surface area contributed by atoms with Gasteiger partial charge in [-0.3, -0.25) is 9.10 Å². The number of hydrogen-bond acceptors (Lipinski definition) is 3. The van der Waals surface area contributed by atoms with Gasteiger partial charge in [0.1, 0.15) is 0 Å². The molecule has 1 amide bonds. The van der Waals surface area contributed by atoms with E-state index in [1.165, 1.54) is 37.4 Å². The van der Waals surface area contributed by atoms with Gasteiger partial charge in [0.15, 0.2) is 0 Å². The minimum Gasteiger partial charge on any atom is -0.321 e. The van der Waals surface area contributed by atoms with E-state index in [-0.39, 0.29) is 4.90 Å². The van der Waals surface area contributed by atoms with Crippen molar-refractivity contribution in [2.75, 3.05) is 16.7 Å². The maximum Gasteiger partial charge on any atom is 0.264 e. The number of benzene rings is 3. The molecule has 150 valence electrons. The van der Waals surface area contributed by atoms with Crippen LogP contribution in [0.1, 0.15) is 15.9 Å². The number of halogens is 2. The first kappa shape index (κ1) is 21.2. The maximum absolute atomic E-state index is 13.0. The summed E-state index contributed by atoms with van der Waals surface area (Å²) < 4.78 is 27.1. The Morgan fingerprint density at radius 3 is 2.28 bits per heavy atom. The number of rotatable bonds is 5. The quantitative estimate of drug-likeness (QED) is 0.569. The molecule has 3 rings (SSSR count). The van der Waals surface area contributed by atoms with Crippen LogP contribution in [-0.4, -0.2) is 21.4 Å². The summed E-state index contributed by atoms with van der Waals surface area (Å²) in [5.74, 6) is -0.392. The molecule has 0 saturated heterocycles. The van der Waals surface area contributed by atoms with Crippen molar-refractivity contribution < 1.29 is 13.2 Å². The lowest BCUT2D eigenvalue weighted by molar-refractivity contribution is 0.102. The zero-order valence-corrected chi connectivity index (χ0v) is 18.0. The summed E-state index contributed by atoms with van der Waals surface area (Å²) in [6.45, 7) is 1.78. The molecule has 3 aromatic carbocycles. The molecule has 0 unspecified atom stereocenters. The van der Waals surface area contributed by atoms with Gasteiger partial charge in [-0.2, -0.15) is 0 Å². The SMILES string of the molecule is Cc1ccc(C(=O)Nc2ccccc2Cl)cc1N(C)S(=O)(=O)c1ccc(Cl)cc1. The van der Waals surface area contributed by atoms with Crippen LogP contribution in [0.5, 0.6) is 0 Å². The standard InChI is InChI=1S/C21H18Cl2N2O3S/c1-14-7-8-15(21(26)24-19-6-4-3-5-18(19)23)13-20(14)25(2)29(27,28)17-11-9-16(22)10-12-17/h3-13H,1-2H3,(H,24,26). The molecule has 0 aliphatic rings. The van der Waals surface area contributed by atoms with Crippen LogP contribution in [0.25, 0.3) is 0 Å². The molecule has 0 heterocycles. The highest BCUT2D eigenvalue weighted by Crippen LogP contribution is 2.28. The summed E-state index contributed by atoms with van der Waals surface area (Å²) in [6.07, 6.45) is 0. The van der Waals surface area contributed by atoms with E-state index >= 15 is 0 Å². The van der Waals surface area contributed by atoms with Crippen molar-refractivity contribution in [1.82, 2.24) is 0 Å². The number of para-hydroxylation sites is 1. The molecule has 1 N–H and O–H groups in total. The molecule has 0 saturated carbocycles. The molecular formula is C21H18Cl2N2O3S. The number of nitrogens with one attached hydrogen (secondary N) is 1. The predicted molar refractivity (Wildman–Crippen MR) is 118 cm³/mol. The third-order valence-electron chi connectivity index (χ3n) is 4.40.